The van der Waals surface area contributed by atoms with Gasteiger partial charge in [0, 0.05) is 17.8 Å². The number of nitrogens with zero attached hydrogens (tertiary/aromatic N) is 1. The van der Waals surface area contributed by atoms with Gasteiger partial charge in [-0.2, -0.15) is 0 Å². The summed E-state index contributed by atoms with van der Waals surface area (Å²) in [6.45, 7) is 0.441. The third-order valence-electron chi connectivity index (χ3n) is 6.41. The topological polar surface area (TPSA) is 118 Å². The molecule has 0 radical (unpaired) electrons. The zero-order valence-corrected chi connectivity index (χ0v) is 19.1. The summed E-state index contributed by atoms with van der Waals surface area (Å²) in [6.07, 6.45) is 0.574. The molecule has 0 atom stereocenters. The molecule has 5 rings (SSSR count). The summed E-state index contributed by atoms with van der Waals surface area (Å²) in [7, 11) is 0. The molecule has 1 saturated carbocycles. The Hall–Kier alpha value is -3.72. The van der Waals surface area contributed by atoms with Crippen LogP contribution in [-0.2, 0) is 16.1 Å². The average molecular weight is 478 g/mol. The fourth-order valence-corrected chi connectivity index (χ4v) is 4.96. The van der Waals surface area contributed by atoms with Gasteiger partial charge in [0.1, 0.15) is 17.3 Å². The highest BCUT2D eigenvalue weighted by Crippen LogP contribution is 2.45. The van der Waals surface area contributed by atoms with Gasteiger partial charge in [-0.05, 0) is 35.1 Å². The van der Waals surface area contributed by atoms with E-state index in [1.165, 1.54) is 11.3 Å². The molecule has 0 unspecified atom stereocenters. The highest BCUT2D eigenvalue weighted by Gasteiger charge is 2.50. The summed E-state index contributed by atoms with van der Waals surface area (Å²) >= 11 is 1.24. The Morgan fingerprint density at radius 2 is 1.68 bits per heavy atom. The van der Waals surface area contributed by atoms with E-state index in [-0.39, 0.29) is 31.3 Å². The smallest absolute Gasteiger partial charge is 0.407 e. The number of hydrogen-bond donors (Lipinski definition) is 3. The van der Waals surface area contributed by atoms with Crippen LogP contribution in [0.2, 0.25) is 0 Å². The number of amides is 2. The van der Waals surface area contributed by atoms with Gasteiger partial charge in [0.25, 0.3) is 5.91 Å². The van der Waals surface area contributed by atoms with Gasteiger partial charge in [0.2, 0.25) is 0 Å². The van der Waals surface area contributed by atoms with Crippen molar-refractivity contribution in [2.24, 2.45) is 5.41 Å². The summed E-state index contributed by atoms with van der Waals surface area (Å²) in [4.78, 5) is 40.1. The predicted octanol–water partition coefficient (Wildman–Crippen LogP) is 3.78. The second-order valence-electron chi connectivity index (χ2n) is 8.57. The Morgan fingerprint density at radius 1 is 1.03 bits per heavy atom. The molecule has 1 heterocycles. The van der Waals surface area contributed by atoms with Crippen molar-refractivity contribution in [3.8, 4) is 11.1 Å². The molecule has 8 nitrogen and oxygen atoms in total. The van der Waals surface area contributed by atoms with Crippen molar-refractivity contribution in [2.75, 3.05) is 13.2 Å². The van der Waals surface area contributed by atoms with Crippen LogP contribution in [0.5, 0.6) is 0 Å². The van der Waals surface area contributed by atoms with Crippen molar-refractivity contribution in [1.29, 1.82) is 0 Å². The van der Waals surface area contributed by atoms with E-state index >= 15 is 0 Å². The predicted molar refractivity (Wildman–Crippen MR) is 126 cm³/mol. The third-order valence-corrected chi connectivity index (χ3v) is 7.26. The lowest BCUT2D eigenvalue weighted by Crippen LogP contribution is -2.34. The normalized spacial score (nSPS) is 15.2. The SMILES string of the molecule is O=C(NCc1nc(C(=O)NCC2(C(=O)O)CC2)cs1)OCC1c2ccccc2-c2ccccc21. The molecule has 0 bridgehead atoms. The van der Waals surface area contributed by atoms with E-state index < -0.39 is 23.4 Å². The van der Waals surface area contributed by atoms with Gasteiger partial charge in [0.05, 0.1) is 12.0 Å². The van der Waals surface area contributed by atoms with E-state index in [0.717, 1.165) is 22.3 Å². The van der Waals surface area contributed by atoms with Crippen LogP contribution >= 0.6 is 11.3 Å². The Balaban J connectivity index is 1.13. The summed E-state index contributed by atoms with van der Waals surface area (Å²) in [5, 5.41) is 16.7. The first-order valence-electron chi connectivity index (χ1n) is 11.0. The maximum absolute atomic E-state index is 12.3. The number of aliphatic carboxylic acids is 1. The number of carbonyl (C=O) groups excluding carboxylic acids is 2. The zero-order valence-electron chi connectivity index (χ0n) is 18.2. The Bertz CT molecular complexity index is 1220. The molecule has 3 N–H and O–H groups in total. The maximum atomic E-state index is 12.3. The molecule has 0 spiro atoms. The van der Waals surface area contributed by atoms with Crippen LogP contribution in [0.4, 0.5) is 4.79 Å². The molecule has 1 fully saturated rings. The Labute approximate surface area is 200 Å². The molecule has 174 valence electrons. The first-order chi connectivity index (χ1) is 16.5. The second-order valence-corrected chi connectivity index (χ2v) is 9.52. The number of carboxylic acid groups (broad SMARTS) is 1. The number of aromatic nitrogens is 1. The van der Waals surface area contributed by atoms with Gasteiger partial charge in [-0.25, -0.2) is 9.78 Å². The maximum Gasteiger partial charge on any atom is 0.407 e. The Kier molecular flexibility index (Phi) is 5.79. The van der Waals surface area contributed by atoms with E-state index in [2.05, 4.69) is 39.9 Å². The van der Waals surface area contributed by atoms with Crippen LogP contribution in [0.25, 0.3) is 11.1 Å². The van der Waals surface area contributed by atoms with Crippen LogP contribution in [-0.4, -0.2) is 41.2 Å². The van der Waals surface area contributed by atoms with Gasteiger partial charge < -0.3 is 20.5 Å². The van der Waals surface area contributed by atoms with E-state index in [9.17, 15) is 19.5 Å². The fourth-order valence-electron chi connectivity index (χ4n) is 4.25. The van der Waals surface area contributed by atoms with Crippen LogP contribution in [0.1, 0.15) is 45.4 Å². The molecule has 9 heteroatoms. The molecule has 1 aromatic heterocycles. The second kappa shape index (κ2) is 8.90. The van der Waals surface area contributed by atoms with Crippen molar-refractivity contribution in [2.45, 2.75) is 25.3 Å². The van der Waals surface area contributed by atoms with Crippen molar-refractivity contribution in [3.63, 3.8) is 0 Å². The standard InChI is InChI=1S/C25H23N3O5S/c29-22(27-14-25(9-10-25)23(30)31)20-13-34-21(28-20)11-26-24(32)33-12-19-17-7-3-1-5-15(17)16-6-2-4-8-18(16)19/h1-8,13,19H,9-12,14H2,(H,26,32)(H,27,29)(H,30,31). The molecule has 2 amide bonds. The summed E-state index contributed by atoms with van der Waals surface area (Å²) in [6, 6.07) is 16.3. The van der Waals surface area contributed by atoms with E-state index in [0.29, 0.717) is 17.8 Å². The first kappa shape index (κ1) is 22.1. The minimum Gasteiger partial charge on any atom is -0.481 e. The number of thiazole rings is 1. The van der Waals surface area contributed by atoms with Gasteiger partial charge >= 0.3 is 12.1 Å². The molecular formula is C25H23N3O5S. The number of carboxylic acids is 1. The summed E-state index contributed by atoms with van der Waals surface area (Å²) in [5.74, 6) is -1.33. The lowest BCUT2D eigenvalue weighted by atomic mass is 9.98. The molecule has 34 heavy (non-hydrogen) atoms. The lowest BCUT2D eigenvalue weighted by Gasteiger charge is -2.14. The minimum absolute atomic E-state index is 0.0196. The number of carbonyl (C=O) groups is 3. The molecule has 0 aliphatic heterocycles. The van der Waals surface area contributed by atoms with Gasteiger partial charge in [-0.3, -0.25) is 9.59 Å². The molecule has 2 aliphatic rings. The quantitative estimate of drug-likeness (QED) is 0.455. The zero-order chi connectivity index (χ0) is 23.7. The van der Waals surface area contributed by atoms with Crippen molar-refractivity contribution < 1.29 is 24.2 Å². The average Bonchev–Trinajstić information content (AvgIpc) is 3.39. The molecule has 3 aromatic rings. The van der Waals surface area contributed by atoms with E-state index in [4.69, 9.17) is 4.74 Å². The van der Waals surface area contributed by atoms with Crippen LogP contribution in [0.3, 0.4) is 0 Å². The highest BCUT2D eigenvalue weighted by molar-refractivity contribution is 7.09. The number of fused-ring (bicyclic) bond motifs is 3. The van der Waals surface area contributed by atoms with Gasteiger partial charge in [0.15, 0.2) is 0 Å². The number of benzene rings is 2. The number of alkyl carbamates (subject to hydrolysis) is 1. The van der Waals surface area contributed by atoms with Crippen LogP contribution in [0.15, 0.2) is 53.9 Å². The summed E-state index contributed by atoms with van der Waals surface area (Å²) in [5.41, 5.74) is 3.98. The third kappa shape index (κ3) is 4.26. The number of hydrogen-bond acceptors (Lipinski definition) is 6. The molecular weight excluding hydrogens is 454 g/mol. The number of nitrogens with one attached hydrogen (secondary N) is 2. The first-order valence-corrected chi connectivity index (χ1v) is 11.9. The van der Waals surface area contributed by atoms with Crippen molar-refractivity contribution >= 4 is 29.3 Å². The number of ether oxygens (including phenoxy) is 1. The monoisotopic (exact) mass is 477 g/mol. The van der Waals surface area contributed by atoms with Crippen molar-refractivity contribution in [1.82, 2.24) is 15.6 Å². The van der Waals surface area contributed by atoms with Crippen LogP contribution < -0.4 is 10.6 Å². The summed E-state index contributed by atoms with van der Waals surface area (Å²) < 4.78 is 5.51. The van der Waals surface area contributed by atoms with Gasteiger partial charge in [-0.15, -0.1) is 11.3 Å². The Morgan fingerprint density at radius 3 is 2.29 bits per heavy atom. The number of rotatable bonds is 8. The largest absolute Gasteiger partial charge is 0.481 e. The van der Waals surface area contributed by atoms with Gasteiger partial charge in [-0.1, -0.05) is 48.5 Å². The fraction of sp³-hybridized carbons (Fsp3) is 0.280. The lowest BCUT2D eigenvalue weighted by molar-refractivity contribution is -0.143. The van der Waals surface area contributed by atoms with E-state index in [1.54, 1.807) is 5.38 Å². The van der Waals surface area contributed by atoms with E-state index in [1.807, 2.05) is 24.3 Å². The van der Waals surface area contributed by atoms with Crippen molar-refractivity contribution in [3.05, 3.63) is 75.7 Å². The highest BCUT2D eigenvalue weighted by atomic mass is 32.1. The van der Waals surface area contributed by atoms with Crippen LogP contribution in [0, 0.1) is 5.41 Å². The molecule has 2 aliphatic carbocycles. The molecule has 2 aromatic carbocycles. The molecule has 0 saturated heterocycles. The minimum atomic E-state index is -0.890.